The zero-order chi connectivity index (χ0) is 13.0. The first kappa shape index (κ1) is 13.3. The average molecular weight is 248 g/mol. The third kappa shape index (κ3) is 3.22. The van der Waals surface area contributed by atoms with Gasteiger partial charge in [-0.25, -0.2) is 4.98 Å². The predicted molar refractivity (Wildman–Crippen MR) is 73.6 cm³/mol. The first-order valence-corrected chi connectivity index (χ1v) is 6.94. The lowest BCUT2D eigenvalue weighted by atomic mass is 9.78. The number of pyridine rings is 1. The maximum absolute atomic E-state index is 5.15. The Bertz CT molecular complexity index is 381. The van der Waals surface area contributed by atoms with E-state index < -0.39 is 0 Å². The van der Waals surface area contributed by atoms with Gasteiger partial charge in [-0.15, -0.1) is 0 Å². The molecule has 18 heavy (non-hydrogen) atoms. The quantitative estimate of drug-likeness (QED) is 0.889. The third-order valence-electron chi connectivity index (χ3n) is 4.24. The molecule has 1 aliphatic carbocycles. The summed E-state index contributed by atoms with van der Waals surface area (Å²) in [7, 11) is 1.66. The van der Waals surface area contributed by atoms with Gasteiger partial charge in [-0.1, -0.05) is 32.8 Å². The van der Waals surface area contributed by atoms with E-state index in [9.17, 15) is 0 Å². The SMILES string of the molecule is COc1cccc(CNC2CCCC(C)C2C)n1. The van der Waals surface area contributed by atoms with Crippen LogP contribution in [0.2, 0.25) is 0 Å². The molecule has 1 aromatic rings. The summed E-state index contributed by atoms with van der Waals surface area (Å²) in [6.07, 6.45) is 4.00. The van der Waals surface area contributed by atoms with E-state index in [1.807, 2.05) is 18.2 Å². The van der Waals surface area contributed by atoms with Crippen LogP contribution >= 0.6 is 0 Å². The number of nitrogens with one attached hydrogen (secondary N) is 1. The average Bonchev–Trinajstić information content (AvgIpc) is 2.41. The van der Waals surface area contributed by atoms with Crippen molar-refractivity contribution in [3.63, 3.8) is 0 Å². The Morgan fingerprint density at radius 3 is 2.94 bits per heavy atom. The number of hydrogen-bond donors (Lipinski definition) is 1. The smallest absolute Gasteiger partial charge is 0.213 e. The van der Waals surface area contributed by atoms with Crippen molar-refractivity contribution in [1.82, 2.24) is 10.3 Å². The molecule has 3 unspecified atom stereocenters. The monoisotopic (exact) mass is 248 g/mol. The topological polar surface area (TPSA) is 34.1 Å². The standard InChI is InChI=1S/C15H24N2O/c1-11-6-4-8-14(12(11)2)16-10-13-7-5-9-15(17-13)18-3/h5,7,9,11-12,14,16H,4,6,8,10H2,1-3H3. The molecule has 1 aliphatic rings. The Kier molecular flexibility index (Phi) is 4.59. The lowest BCUT2D eigenvalue weighted by Gasteiger charge is -2.34. The van der Waals surface area contributed by atoms with Gasteiger partial charge in [0.25, 0.3) is 0 Å². The van der Waals surface area contributed by atoms with Gasteiger partial charge in [0.1, 0.15) is 0 Å². The second kappa shape index (κ2) is 6.19. The largest absolute Gasteiger partial charge is 0.481 e. The molecule has 1 aromatic heterocycles. The van der Waals surface area contributed by atoms with Crippen LogP contribution < -0.4 is 10.1 Å². The van der Waals surface area contributed by atoms with Crippen LogP contribution in [0.4, 0.5) is 0 Å². The van der Waals surface area contributed by atoms with Crippen molar-refractivity contribution >= 4 is 0 Å². The Morgan fingerprint density at radius 2 is 2.17 bits per heavy atom. The van der Waals surface area contributed by atoms with Gasteiger partial charge < -0.3 is 10.1 Å². The van der Waals surface area contributed by atoms with Crippen LogP contribution in [0.1, 0.15) is 38.8 Å². The molecule has 0 aromatic carbocycles. The molecule has 1 N–H and O–H groups in total. The van der Waals surface area contributed by atoms with Gasteiger partial charge in [-0.2, -0.15) is 0 Å². The molecule has 1 heterocycles. The van der Waals surface area contributed by atoms with Crippen LogP contribution in [-0.4, -0.2) is 18.1 Å². The fourth-order valence-electron chi connectivity index (χ4n) is 2.78. The molecule has 1 saturated carbocycles. The van der Waals surface area contributed by atoms with Crippen LogP contribution in [0.3, 0.4) is 0 Å². The molecule has 0 bridgehead atoms. The summed E-state index contributed by atoms with van der Waals surface area (Å²) in [5, 5.41) is 3.65. The van der Waals surface area contributed by atoms with E-state index in [-0.39, 0.29) is 0 Å². The number of rotatable bonds is 4. The van der Waals surface area contributed by atoms with Gasteiger partial charge in [0.2, 0.25) is 5.88 Å². The van der Waals surface area contributed by atoms with Gasteiger partial charge in [0.15, 0.2) is 0 Å². The van der Waals surface area contributed by atoms with E-state index in [1.165, 1.54) is 19.3 Å². The van der Waals surface area contributed by atoms with E-state index in [4.69, 9.17) is 4.74 Å². The summed E-state index contributed by atoms with van der Waals surface area (Å²) in [5.74, 6) is 2.28. The first-order valence-electron chi connectivity index (χ1n) is 6.94. The van der Waals surface area contributed by atoms with Crippen LogP contribution in [-0.2, 0) is 6.54 Å². The lowest BCUT2D eigenvalue weighted by molar-refractivity contribution is 0.205. The Morgan fingerprint density at radius 1 is 1.33 bits per heavy atom. The van der Waals surface area contributed by atoms with E-state index >= 15 is 0 Å². The molecule has 0 aliphatic heterocycles. The summed E-state index contributed by atoms with van der Waals surface area (Å²) < 4.78 is 5.15. The second-order valence-corrected chi connectivity index (χ2v) is 5.43. The van der Waals surface area contributed by atoms with Gasteiger partial charge >= 0.3 is 0 Å². The van der Waals surface area contributed by atoms with E-state index in [0.29, 0.717) is 11.9 Å². The minimum absolute atomic E-state index is 0.627. The number of methoxy groups -OCH3 is 1. The molecule has 0 saturated heterocycles. The summed E-state index contributed by atoms with van der Waals surface area (Å²) in [6.45, 7) is 5.56. The van der Waals surface area contributed by atoms with E-state index in [0.717, 1.165) is 24.1 Å². The highest BCUT2D eigenvalue weighted by Gasteiger charge is 2.26. The lowest BCUT2D eigenvalue weighted by Crippen LogP contribution is -2.40. The number of nitrogens with zero attached hydrogens (tertiary/aromatic N) is 1. The Balaban J connectivity index is 1.90. The van der Waals surface area contributed by atoms with Crippen molar-refractivity contribution in [2.24, 2.45) is 11.8 Å². The Labute approximate surface area is 110 Å². The molecule has 0 amide bonds. The zero-order valence-corrected chi connectivity index (χ0v) is 11.6. The van der Waals surface area contributed by atoms with Gasteiger partial charge in [-0.3, -0.25) is 0 Å². The summed E-state index contributed by atoms with van der Waals surface area (Å²) in [5.41, 5.74) is 1.06. The Hall–Kier alpha value is -1.09. The van der Waals surface area contributed by atoms with Crippen LogP contribution in [0.25, 0.3) is 0 Å². The fourth-order valence-corrected chi connectivity index (χ4v) is 2.78. The minimum Gasteiger partial charge on any atom is -0.481 e. The minimum atomic E-state index is 0.627. The molecule has 100 valence electrons. The molecule has 1 fully saturated rings. The number of hydrogen-bond acceptors (Lipinski definition) is 3. The third-order valence-corrected chi connectivity index (χ3v) is 4.24. The highest BCUT2D eigenvalue weighted by Crippen LogP contribution is 2.29. The van der Waals surface area contributed by atoms with Crippen molar-refractivity contribution in [1.29, 1.82) is 0 Å². The number of ether oxygens (including phenoxy) is 1. The van der Waals surface area contributed by atoms with Crippen LogP contribution in [0.5, 0.6) is 5.88 Å². The predicted octanol–water partition coefficient (Wildman–Crippen LogP) is 3.00. The van der Waals surface area contributed by atoms with Crippen molar-refractivity contribution in [2.45, 2.75) is 45.7 Å². The molecule has 2 rings (SSSR count). The summed E-state index contributed by atoms with van der Waals surface area (Å²) in [6, 6.07) is 6.55. The number of aromatic nitrogens is 1. The molecule has 3 atom stereocenters. The van der Waals surface area contributed by atoms with E-state index in [1.54, 1.807) is 7.11 Å². The van der Waals surface area contributed by atoms with Crippen LogP contribution in [0, 0.1) is 11.8 Å². The molecular weight excluding hydrogens is 224 g/mol. The highest BCUT2D eigenvalue weighted by atomic mass is 16.5. The van der Waals surface area contributed by atoms with Crippen molar-refractivity contribution in [2.75, 3.05) is 7.11 Å². The van der Waals surface area contributed by atoms with Crippen molar-refractivity contribution in [3.8, 4) is 5.88 Å². The fraction of sp³-hybridized carbons (Fsp3) is 0.667. The van der Waals surface area contributed by atoms with Gasteiger partial charge in [0.05, 0.1) is 12.8 Å². The normalized spacial score (nSPS) is 28.1. The summed E-state index contributed by atoms with van der Waals surface area (Å²) in [4.78, 5) is 4.43. The van der Waals surface area contributed by atoms with Crippen LogP contribution in [0.15, 0.2) is 18.2 Å². The van der Waals surface area contributed by atoms with E-state index in [2.05, 4.69) is 24.1 Å². The molecule has 3 heteroatoms. The molecule has 0 radical (unpaired) electrons. The highest BCUT2D eigenvalue weighted by molar-refractivity contribution is 5.15. The second-order valence-electron chi connectivity index (χ2n) is 5.43. The first-order chi connectivity index (χ1) is 8.70. The maximum atomic E-state index is 5.15. The van der Waals surface area contributed by atoms with Gasteiger partial charge in [0, 0.05) is 18.7 Å². The van der Waals surface area contributed by atoms with Crippen molar-refractivity contribution in [3.05, 3.63) is 23.9 Å². The van der Waals surface area contributed by atoms with Gasteiger partial charge in [-0.05, 0) is 24.3 Å². The zero-order valence-electron chi connectivity index (χ0n) is 11.6. The molecular formula is C15H24N2O. The molecule has 3 nitrogen and oxygen atoms in total. The van der Waals surface area contributed by atoms with Crippen molar-refractivity contribution < 1.29 is 4.74 Å². The summed E-state index contributed by atoms with van der Waals surface area (Å²) >= 11 is 0. The maximum Gasteiger partial charge on any atom is 0.213 e. The molecule has 0 spiro atoms.